The van der Waals surface area contributed by atoms with Crippen molar-refractivity contribution in [3.63, 3.8) is 0 Å². The van der Waals surface area contributed by atoms with Crippen LogP contribution in [0.5, 0.6) is 0 Å². The molecule has 4 amide bonds. The van der Waals surface area contributed by atoms with Crippen molar-refractivity contribution in [3.8, 4) is 0 Å². The Morgan fingerprint density at radius 3 is 2.35 bits per heavy atom. The fourth-order valence-corrected chi connectivity index (χ4v) is 2.93. The minimum absolute atomic E-state index is 0.366. The first-order valence-corrected chi connectivity index (χ1v) is 8.44. The summed E-state index contributed by atoms with van der Waals surface area (Å²) in [6.45, 7) is 3.21. The van der Waals surface area contributed by atoms with Crippen molar-refractivity contribution in [1.29, 1.82) is 0 Å². The number of amides is 4. The van der Waals surface area contributed by atoms with E-state index in [2.05, 4.69) is 10.6 Å². The van der Waals surface area contributed by atoms with Crippen molar-refractivity contribution in [2.24, 2.45) is 0 Å². The number of anilines is 1. The lowest BCUT2D eigenvalue weighted by Gasteiger charge is -2.22. The summed E-state index contributed by atoms with van der Waals surface area (Å²) >= 11 is 5.80. The smallest absolute Gasteiger partial charge is 0.325 e. The molecule has 1 aliphatic heterocycles. The van der Waals surface area contributed by atoms with Gasteiger partial charge in [-0.2, -0.15) is 0 Å². The number of carbonyl (C=O) groups excluding carboxylic acids is 3. The van der Waals surface area contributed by atoms with E-state index in [-0.39, 0.29) is 6.54 Å². The third kappa shape index (κ3) is 3.41. The Morgan fingerprint density at radius 1 is 1.12 bits per heavy atom. The highest BCUT2D eigenvalue weighted by atomic mass is 35.5. The highest BCUT2D eigenvalue weighted by Gasteiger charge is 2.49. The predicted molar refractivity (Wildman–Crippen MR) is 98.9 cm³/mol. The van der Waals surface area contributed by atoms with Gasteiger partial charge >= 0.3 is 6.03 Å². The number of aryl methyl sites for hydroxylation is 1. The summed E-state index contributed by atoms with van der Waals surface area (Å²) in [7, 11) is 0. The molecule has 1 heterocycles. The monoisotopic (exact) mass is 371 g/mol. The fraction of sp³-hybridized carbons (Fsp3) is 0.211. The first-order valence-electron chi connectivity index (χ1n) is 8.06. The first-order chi connectivity index (χ1) is 12.3. The summed E-state index contributed by atoms with van der Waals surface area (Å²) < 4.78 is 0. The van der Waals surface area contributed by atoms with Gasteiger partial charge in [0.25, 0.3) is 5.91 Å². The van der Waals surface area contributed by atoms with Crippen molar-refractivity contribution in [1.82, 2.24) is 10.2 Å². The number of urea groups is 1. The van der Waals surface area contributed by atoms with Gasteiger partial charge in [0.2, 0.25) is 5.91 Å². The Kier molecular flexibility index (Phi) is 4.70. The lowest BCUT2D eigenvalue weighted by Crippen LogP contribution is -2.42. The average molecular weight is 372 g/mol. The Balaban J connectivity index is 1.73. The third-order valence-corrected chi connectivity index (χ3v) is 4.59. The van der Waals surface area contributed by atoms with Gasteiger partial charge in [-0.1, -0.05) is 41.4 Å². The summed E-state index contributed by atoms with van der Waals surface area (Å²) in [5.74, 6) is -0.929. The summed E-state index contributed by atoms with van der Waals surface area (Å²) in [5, 5.41) is 5.87. The van der Waals surface area contributed by atoms with Crippen molar-refractivity contribution in [2.45, 2.75) is 19.4 Å². The second kappa shape index (κ2) is 6.80. The Labute approximate surface area is 156 Å². The van der Waals surface area contributed by atoms with Crippen molar-refractivity contribution >= 4 is 35.1 Å². The lowest BCUT2D eigenvalue weighted by atomic mass is 9.91. The van der Waals surface area contributed by atoms with Gasteiger partial charge in [0.05, 0.1) is 0 Å². The largest absolute Gasteiger partial charge is 0.325 e. The van der Waals surface area contributed by atoms with Crippen LogP contribution >= 0.6 is 11.6 Å². The zero-order valence-corrected chi connectivity index (χ0v) is 15.1. The number of benzene rings is 2. The zero-order valence-electron chi connectivity index (χ0n) is 14.4. The van der Waals surface area contributed by atoms with Crippen LogP contribution in [0.15, 0.2) is 48.5 Å². The fourth-order valence-electron chi connectivity index (χ4n) is 2.80. The SMILES string of the molecule is Cc1ccc(C2(C)NC(=O)N(CC(=O)Nc3ccc(Cl)cc3)C2=O)cc1. The molecule has 7 heteroatoms. The van der Waals surface area contributed by atoms with Gasteiger partial charge in [0.1, 0.15) is 12.1 Å². The van der Waals surface area contributed by atoms with E-state index in [1.54, 1.807) is 43.3 Å². The number of nitrogens with one attached hydrogen (secondary N) is 2. The highest BCUT2D eigenvalue weighted by molar-refractivity contribution is 6.30. The van der Waals surface area contributed by atoms with E-state index in [4.69, 9.17) is 11.6 Å². The maximum absolute atomic E-state index is 12.8. The van der Waals surface area contributed by atoms with Gasteiger partial charge in [0, 0.05) is 10.7 Å². The summed E-state index contributed by atoms with van der Waals surface area (Å²) in [4.78, 5) is 38.2. The molecule has 26 heavy (non-hydrogen) atoms. The second-order valence-electron chi connectivity index (χ2n) is 6.37. The number of hydrogen-bond acceptors (Lipinski definition) is 3. The molecule has 0 spiro atoms. The molecule has 1 atom stereocenters. The Morgan fingerprint density at radius 2 is 1.73 bits per heavy atom. The van der Waals surface area contributed by atoms with Crippen molar-refractivity contribution < 1.29 is 14.4 Å². The van der Waals surface area contributed by atoms with Crippen LogP contribution in [-0.2, 0) is 15.1 Å². The summed E-state index contributed by atoms with van der Waals surface area (Å²) in [6.07, 6.45) is 0. The Hall–Kier alpha value is -2.86. The molecule has 3 rings (SSSR count). The molecule has 1 saturated heterocycles. The number of nitrogens with zero attached hydrogens (tertiary/aromatic N) is 1. The summed E-state index contributed by atoms with van der Waals surface area (Å²) in [6, 6.07) is 13.3. The number of imide groups is 1. The standard InChI is InChI=1S/C19H18ClN3O3/c1-12-3-5-13(6-4-12)19(2)17(25)23(18(26)22-19)11-16(24)21-15-9-7-14(20)8-10-15/h3-10H,11H2,1-2H3,(H,21,24)(H,22,26). The number of halogens is 1. The zero-order chi connectivity index (χ0) is 18.9. The maximum atomic E-state index is 12.8. The molecule has 134 valence electrons. The molecule has 1 aliphatic rings. The minimum atomic E-state index is -1.19. The van der Waals surface area contributed by atoms with E-state index in [0.717, 1.165) is 10.5 Å². The van der Waals surface area contributed by atoms with Crippen LogP contribution in [0.2, 0.25) is 5.02 Å². The van der Waals surface area contributed by atoms with Gasteiger partial charge in [0.15, 0.2) is 0 Å². The lowest BCUT2D eigenvalue weighted by molar-refractivity contribution is -0.133. The molecule has 1 fully saturated rings. The van der Waals surface area contributed by atoms with Gasteiger partial charge < -0.3 is 10.6 Å². The van der Waals surface area contributed by atoms with Crippen LogP contribution < -0.4 is 10.6 Å². The van der Waals surface area contributed by atoms with Gasteiger partial charge in [-0.3, -0.25) is 14.5 Å². The molecule has 1 unspecified atom stereocenters. The molecule has 0 aliphatic carbocycles. The molecule has 0 bridgehead atoms. The second-order valence-corrected chi connectivity index (χ2v) is 6.80. The molecular formula is C19H18ClN3O3. The van der Waals surface area contributed by atoms with E-state index < -0.39 is 23.4 Å². The number of carbonyl (C=O) groups is 3. The normalized spacial score (nSPS) is 19.4. The molecule has 2 aromatic carbocycles. The predicted octanol–water partition coefficient (Wildman–Crippen LogP) is 3.05. The average Bonchev–Trinajstić information content (AvgIpc) is 2.82. The van der Waals surface area contributed by atoms with E-state index in [9.17, 15) is 14.4 Å². The molecule has 6 nitrogen and oxygen atoms in total. The third-order valence-electron chi connectivity index (χ3n) is 4.33. The topological polar surface area (TPSA) is 78.5 Å². The maximum Gasteiger partial charge on any atom is 0.325 e. The van der Waals surface area contributed by atoms with Crippen molar-refractivity contribution in [3.05, 3.63) is 64.7 Å². The van der Waals surface area contributed by atoms with Crippen LogP contribution in [-0.4, -0.2) is 29.3 Å². The van der Waals surface area contributed by atoms with Crippen LogP contribution in [0.1, 0.15) is 18.1 Å². The number of hydrogen-bond donors (Lipinski definition) is 2. The van der Waals surface area contributed by atoms with Crippen LogP contribution in [0.4, 0.5) is 10.5 Å². The van der Waals surface area contributed by atoms with Crippen LogP contribution in [0.3, 0.4) is 0 Å². The molecule has 0 radical (unpaired) electrons. The van der Waals surface area contributed by atoms with E-state index >= 15 is 0 Å². The quantitative estimate of drug-likeness (QED) is 0.811. The number of rotatable bonds is 4. The highest BCUT2D eigenvalue weighted by Crippen LogP contribution is 2.29. The van der Waals surface area contributed by atoms with E-state index in [0.29, 0.717) is 16.3 Å². The van der Waals surface area contributed by atoms with Gasteiger partial charge in [-0.05, 0) is 43.7 Å². The minimum Gasteiger partial charge on any atom is -0.325 e. The van der Waals surface area contributed by atoms with E-state index in [1.807, 2.05) is 19.1 Å². The van der Waals surface area contributed by atoms with Crippen molar-refractivity contribution in [2.75, 3.05) is 11.9 Å². The Bertz CT molecular complexity index is 865. The van der Waals surface area contributed by atoms with Gasteiger partial charge in [-0.25, -0.2) is 4.79 Å². The van der Waals surface area contributed by atoms with Gasteiger partial charge in [-0.15, -0.1) is 0 Å². The molecule has 0 aromatic heterocycles. The van der Waals surface area contributed by atoms with Crippen LogP contribution in [0.25, 0.3) is 0 Å². The summed E-state index contributed by atoms with van der Waals surface area (Å²) in [5.41, 5.74) is 1.06. The van der Waals surface area contributed by atoms with E-state index in [1.165, 1.54) is 0 Å². The first kappa shape index (κ1) is 17.9. The molecule has 2 aromatic rings. The molecular weight excluding hydrogens is 354 g/mol. The van der Waals surface area contributed by atoms with Crippen LogP contribution in [0, 0.1) is 6.92 Å². The molecule has 2 N–H and O–H groups in total. The molecule has 0 saturated carbocycles.